The maximum Gasteiger partial charge on any atom is 0.360 e. The molecule has 0 radical (unpaired) electrons. The summed E-state index contributed by atoms with van der Waals surface area (Å²) < 4.78 is 8.94. The molecule has 2 aromatic rings. The van der Waals surface area contributed by atoms with Crippen molar-refractivity contribution in [2.45, 2.75) is 13.8 Å². The highest BCUT2D eigenvalue weighted by Crippen LogP contribution is 2.23. The Kier molecular flexibility index (Phi) is 4.89. The van der Waals surface area contributed by atoms with E-state index in [4.69, 9.17) is 10.5 Å². The summed E-state index contributed by atoms with van der Waals surface area (Å²) in [5, 5.41) is 4.25. The molecule has 110 valence electrons. The van der Waals surface area contributed by atoms with Gasteiger partial charge in [0.1, 0.15) is 0 Å². The third kappa shape index (κ3) is 3.57. The van der Waals surface area contributed by atoms with Gasteiger partial charge in [-0.05, 0) is 37.5 Å². The van der Waals surface area contributed by atoms with Gasteiger partial charge in [-0.3, -0.25) is 5.43 Å². The number of rotatable bonds is 5. The van der Waals surface area contributed by atoms with E-state index in [1.54, 1.807) is 13.8 Å². The van der Waals surface area contributed by atoms with Gasteiger partial charge in [0.15, 0.2) is 5.69 Å². The number of carbonyl (C=O) groups is 1. The number of ether oxygens (including phenoxy) is 1. The van der Waals surface area contributed by atoms with Crippen molar-refractivity contribution in [1.29, 1.82) is 0 Å². The number of benzene rings is 1. The third-order valence-corrected chi connectivity index (χ3v) is 3.62. The predicted molar refractivity (Wildman–Crippen MR) is 84.8 cm³/mol. The fraction of sp³-hybridized carbons (Fsp3) is 0.214. The topological polar surface area (TPSA) is 89.6 Å². The first-order valence-electron chi connectivity index (χ1n) is 6.41. The normalized spacial score (nSPS) is 11.2. The minimum absolute atomic E-state index is 0.145. The van der Waals surface area contributed by atoms with Crippen LogP contribution in [-0.2, 0) is 4.74 Å². The molecule has 0 aliphatic heterocycles. The molecule has 0 spiro atoms. The molecule has 0 bridgehead atoms. The molecule has 0 fully saturated rings. The van der Waals surface area contributed by atoms with Crippen LogP contribution in [0.25, 0.3) is 0 Å². The maximum atomic E-state index is 11.7. The van der Waals surface area contributed by atoms with Crippen LogP contribution in [0, 0.1) is 0 Å². The standard InChI is InChI=1S/C14H16N4O2S/c1-3-20-14(19)12-11(15)13(21-18-12)9(2)16-17-10-7-5-4-6-8-10/h4-8,17H,3,15H2,1-2H3. The molecule has 1 heterocycles. The SMILES string of the molecule is CCOC(=O)c1nsc(C(C)=NNc2ccccc2)c1N. The first-order valence-corrected chi connectivity index (χ1v) is 7.18. The Morgan fingerprint density at radius 2 is 2.14 bits per heavy atom. The molecule has 6 nitrogen and oxygen atoms in total. The fourth-order valence-corrected chi connectivity index (χ4v) is 2.34. The van der Waals surface area contributed by atoms with Crippen molar-refractivity contribution in [3.63, 3.8) is 0 Å². The van der Waals surface area contributed by atoms with Crippen molar-refractivity contribution >= 4 is 34.6 Å². The zero-order chi connectivity index (χ0) is 15.2. The van der Waals surface area contributed by atoms with Crippen molar-refractivity contribution < 1.29 is 9.53 Å². The molecule has 0 saturated heterocycles. The van der Waals surface area contributed by atoms with E-state index in [9.17, 15) is 4.79 Å². The van der Waals surface area contributed by atoms with Crippen LogP contribution in [0.4, 0.5) is 11.4 Å². The average Bonchev–Trinajstić information content (AvgIpc) is 2.88. The van der Waals surface area contributed by atoms with Gasteiger partial charge in [-0.1, -0.05) is 18.2 Å². The molecule has 2 rings (SSSR count). The molecule has 0 aliphatic carbocycles. The second-order valence-electron chi connectivity index (χ2n) is 4.17. The monoisotopic (exact) mass is 304 g/mol. The second-order valence-corrected chi connectivity index (χ2v) is 4.94. The number of aromatic nitrogens is 1. The quantitative estimate of drug-likeness (QED) is 0.503. The van der Waals surface area contributed by atoms with E-state index in [1.807, 2.05) is 30.3 Å². The summed E-state index contributed by atoms with van der Waals surface area (Å²) in [5.41, 5.74) is 10.8. The minimum Gasteiger partial charge on any atom is -0.461 e. The van der Waals surface area contributed by atoms with Crippen LogP contribution in [-0.4, -0.2) is 22.7 Å². The number of esters is 1. The van der Waals surface area contributed by atoms with Gasteiger partial charge in [-0.15, -0.1) is 0 Å². The van der Waals surface area contributed by atoms with Gasteiger partial charge in [-0.2, -0.15) is 9.47 Å². The minimum atomic E-state index is -0.513. The number of anilines is 2. The van der Waals surface area contributed by atoms with Gasteiger partial charge in [-0.25, -0.2) is 4.79 Å². The van der Waals surface area contributed by atoms with Crippen molar-refractivity contribution in [2.24, 2.45) is 5.10 Å². The first-order chi connectivity index (χ1) is 10.1. The molecule has 0 unspecified atom stereocenters. The first kappa shape index (κ1) is 15.0. The number of carbonyl (C=O) groups excluding carboxylic acids is 1. The van der Waals surface area contributed by atoms with E-state index in [0.29, 0.717) is 16.3 Å². The second kappa shape index (κ2) is 6.85. The molecule has 1 aromatic heterocycles. The smallest absolute Gasteiger partial charge is 0.360 e. The summed E-state index contributed by atoms with van der Waals surface area (Å²) in [6.45, 7) is 3.82. The van der Waals surface area contributed by atoms with Crippen molar-refractivity contribution in [3.8, 4) is 0 Å². The highest BCUT2D eigenvalue weighted by Gasteiger charge is 2.20. The summed E-state index contributed by atoms with van der Waals surface area (Å²) in [6.07, 6.45) is 0. The Balaban J connectivity index is 2.16. The molecular weight excluding hydrogens is 288 g/mol. The number of nitrogens with one attached hydrogen (secondary N) is 1. The number of nitrogens with two attached hydrogens (primary N) is 1. The number of nitrogen functional groups attached to an aromatic ring is 1. The Bertz CT molecular complexity index is 652. The Morgan fingerprint density at radius 3 is 2.81 bits per heavy atom. The van der Waals surface area contributed by atoms with Gasteiger partial charge >= 0.3 is 5.97 Å². The van der Waals surface area contributed by atoms with Crippen LogP contribution in [0.2, 0.25) is 0 Å². The number of nitrogens with zero attached hydrogens (tertiary/aromatic N) is 2. The van der Waals surface area contributed by atoms with Crippen molar-refractivity contribution in [3.05, 3.63) is 40.9 Å². The van der Waals surface area contributed by atoms with Crippen LogP contribution in [0.3, 0.4) is 0 Å². The van der Waals surface area contributed by atoms with E-state index in [2.05, 4.69) is 14.9 Å². The van der Waals surface area contributed by atoms with Crippen LogP contribution in [0.15, 0.2) is 35.4 Å². The lowest BCUT2D eigenvalue weighted by Gasteiger charge is -2.03. The lowest BCUT2D eigenvalue weighted by Crippen LogP contribution is -2.09. The van der Waals surface area contributed by atoms with Gasteiger partial charge in [0.2, 0.25) is 0 Å². The summed E-state index contributed by atoms with van der Waals surface area (Å²) in [7, 11) is 0. The number of hydrazone groups is 1. The zero-order valence-corrected chi connectivity index (χ0v) is 12.6. The lowest BCUT2D eigenvalue weighted by atomic mass is 10.2. The van der Waals surface area contributed by atoms with Gasteiger partial charge in [0, 0.05) is 0 Å². The van der Waals surface area contributed by atoms with Gasteiger partial charge < -0.3 is 10.5 Å². The highest BCUT2D eigenvalue weighted by atomic mass is 32.1. The molecule has 0 atom stereocenters. The molecule has 3 N–H and O–H groups in total. The van der Waals surface area contributed by atoms with Crippen LogP contribution in [0.1, 0.15) is 29.2 Å². The largest absolute Gasteiger partial charge is 0.461 e. The summed E-state index contributed by atoms with van der Waals surface area (Å²) in [4.78, 5) is 12.3. The molecule has 1 aromatic carbocycles. The predicted octanol–water partition coefficient (Wildman–Crippen LogP) is 2.74. The molecule has 21 heavy (non-hydrogen) atoms. The van der Waals surface area contributed by atoms with E-state index in [1.165, 1.54) is 0 Å². The average molecular weight is 304 g/mol. The van der Waals surface area contributed by atoms with Gasteiger partial charge in [0.05, 0.1) is 28.6 Å². The lowest BCUT2D eigenvalue weighted by molar-refractivity contribution is 0.0522. The van der Waals surface area contributed by atoms with Crippen LogP contribution >= 0.6 is 11.5 Å². The molecule has 0 amide bonds. The van der Waals surface area contributed by atoms with E-state index < -0.39 is 5.97 Å². The fourth-order valence-electron chi connectivity index (χ4n) is 1.62. The molecular formula is C14H16N4O2S. The van der Waals surface area contributed by atoms with E-state index in [0.717, 1.165) is 17.2 Å². The Morgan fingerprint density at radius 1 is 1.43 bits per heavy atom. The zero-order valence-electron chi connectivity index (χ0n) is 11.8. The van der Waals surface area contributed by atoms with Crippen molar-refractivity contribution in [1.82, 2.24) is 4.37 Å². The summed E-state index contributed by atoms with van der Waals surface area (Å²) >= 11 is 1.13. The van der Waals surface area contributed by atoms with Crippen molar-refractivity contribution in [2.75, 3.05) is 17.8 Å². The highest BCUT2D eigenvalue weighted by molar-refractivity contribution is 7.09. The summed E-state index contributed by atoms with van der Waals surface area (Å²) in [6, 6.07) is 9.54. The Hall–Kier alpha value is -2.41. The molecule has 7 heteroatoms. The Labute approximate surface area is 126 Å². The molecule has 0 aliphatic rings. The van der Waals surface area contributed by atoms with E-state index >= 15 is 0 Å². The number of para-hydroxylation sites is 1. The number of hydrogen-bond donors (Lipinski definition) is 2. The van der Waals surface area contributed by atoms with Crippen LogP contribution < -0.4 is 11.2 Å². The van der Waals surface area contributed by atoms with E-state index in [-0.39, 0.29) is 12.3 Å². The molecule has 0 saturated carbocycles. The summed E-state index contributed by atoms with van der Waals surface area (Å²) in [5.74, 6) is -0.513. The van der Waals surface area contributed by atoms with Crippen LogP contribution in [0.5, 0.6) is 0 Å². The third-order valence-electron chi connectivity index (χ3n) is 2.65. The van der Waals surface area contributed by atoms with Gasteiger partial charge in [0.25, 0.3) is 0 Å². The maximum absolute atomic E-state index is 11.7. The number of hydrogen-bond acceptors (Lipinski definition) is 7.